The Hall–Kier alpha value is -3.27. The monoisotopic (exact) mass is 594 g/mol. The van der Waals surface area contributed by atoms with E-state index in [4.69, 9.17) is 9.47 Å². The Morgan fingerprint density at radius 2 is 1.97 bits per heavy atom. The number of ether oxygens (including phenoxy) is 2. The molecule has 0 N–H and O–H groups in total. The molecule has 1 aliphatic heterocycles. The highest BCUT2D eigenvalue weighted by Gasteiger charge is 2.33. The zero-order valence-corrected chi connectivity index (χ0v) is 23.4. The number of aromatic nitrogens is 1. The minimum atomic E-state index is -0.571. The van der Waals surface area contributed by atoms with Crippen LogP contribution in [0.3, 0.4) is 0 Å². The third-order valence-corrected chi connectivity index (χ3v) is 8.24. The standard InChI is InChI=1S/C28H23BrN2O4S2/c1-3-34-27(33)24-17(2)30-28-31(25(24)22-8-5-13-36-22)26(32)23(37-28)15-19-6-4-7-21(14-19)35-16-18-9-11-20(29)12-10-18/h4-15,25H,3,16H2,1-2H3/b23-15-/t25-/m1/s1. The van der Waals surface area contributed by atoms with E-state index in [2.05, 4.69) is 20.9 Å². The van der Waals surface area contributed by atoms with E-state index in [-0.39, 0.29) is 12.2 Å². The molecule has 2 aromatic carbocycles. The van der Waals surface area contributed by atoms with E-state index in [1.807, 2.05) is 72.1 Å². The van der Waals surface area contributed by atoms with Crippen molar-refractivity contribution in [3.05, 3.63) is 117 Å². The van der Waals surface area contributed by atoms with Crippen molar-refractivity contribution in [3.8, 4) is 5.75 Å². The number of esters is 1. The summed E-state index contributed by atoms with van der Waals surface area (Å²) < 4.78 is 14.5. The molecule has 0 spiro atoms. The van der Waals surface area contributed by atoms with Gasteiger partial charge in [-0.15, -0.1) is 11.3 Å². The van der Waals surface area contributed by atoms with Crippen LogP contribution in [0.25, 0.3) is 6.08 Å². The van der Waals surface area contributed by atoms with E-state index >= 15 is 0 Å². The molecule has 0 bridgehead atoms. The van der Waals surface area contributed by atoms with Gasteiger partial charge in [0.05, 0.1) is 22.4 Å². The fourth-order valence-electron chi connectivity index (χ4n) is 4.10. The number of halogens is 1. The van der Waals surface area contributed by atoms with Gasteiger partial charge in [0.2, 0.25) is 0 Å². The van der Waals surface area contributed by atoms with Crippen LogP contribution in [0.4, 0.5) is 0 Å². The fraction of sp³-hybridized carbons (Fsp3) is 0.179. The van der Waals surface area contributed by atoms with E-state index in [1.54, 1.807) is 18.4 Å². The summed E-state index contributed by atoms with van der Waals surface area (Å²) in [6.07, 6.45) is 1.84. The Morgan fingerprint density at radius 3 is 2.70 bits per heavy atom. The molecule has 0 amide bonds. The molecule has 0 fully saturated rings. The Morgan fingerprint density at radius 1 is 1.16 bits per heavy atom. The number of hydrogen-bond acceptors (Lipinski definition) is 7. The third kappa shape index (κ3) is 5.39. The van der Waals surface area contributed by atoms with Gasteiger partial charge in [0, 0.05) is 9.35 Å². The average molecular weight is 596 g/mol. The maximum absolute atomic E-state index is 13.7. The van der Waals surface area contributed by atoms with Crippen molar-refractivity contribution in [3.63, 3.8) is 0 Å². The number of nitrogens with zero attached hydrogens (tertiary/aromatic N) is 2. The quantitative estimate of drug-likeness (QED) is 0.276. The van der Waals surface area contributed by atoms with Crippen molar-refractivity contribution < 1.29 is 14.3 Å². The summed E-state index contributed by atoms with van der Waals surface area (Å²) in [5, 5.41) is 1.93. The van der Waals surface area contributed by atoms with Crippen LogP contribution >= 0.6 is 38.6 Å². The van der Waals surface area contributed by atoms with Gasteiger partial charge in [-0.3, -0.25) is 9.36 Å². The van der Waals surface area contributed by atoms with E-state index in [0.29, 0.717) is 33.0 Å². The highest BCUT2D eigenvalue weighted by molar-refractivity contribution is 9.10. The molecule has 37 heavy (non-hydrogen) atoms. The molecule has 1 atom stereocenters. The van der Waals surface area contributed by atoms with Gasteiger partial charge >= 0.3 is 5.97 Å². The molecule has 0 unspecified atom stereocenters. The molecule has 6 nitrogen and oxygen atoms in total. The van der Waals surface area contributed by atoms with Crippen LogP contribution < -0.4 is 19.6 Å². The molecule has 1 aliphatic rings. The van der Waals surface area contributed by atoms with Crippen molar-refractivity contribution in [1.29, 1.82) is 0 Å². The number of carbonyl (C=O) groups excluding carboxylic acids is 1. The van der Waals surface area contributed by atoms with Crippen molar-refractivity contribution in [2.45, 2.75) is 26.5 Å². The molecule has 2 aromatic heterocycles. The molecule has 9 heteroatoms. The summed E-state index contributed by atoms with van der Waals surface area (Å²) in [6, 6.07) is 18.9. The van der Waals surface area contributed by atoms with Gasteiger partial charge in [0.1, 0.15) is 18.4 Å². The number of thiazole rings is 1. The van der Waals surface area contributed by atoms with E-state index in [1.165, 1.54) is 22.7 Å². The topological polar surface area (TPSA) is 69.9 Å². The summed E-state index contributed by atoms with van der Waals surface area (Å²) >= 11 is 6.24. The summed E-state index contributed by atoms with van der Waals surface area (Å²) in [6.45, 7) is 4.24. The zero-order valence-electron chi connectivity index (χ0n) is 20.1. The third-order valence-electron chi connectivity index (χ3n) is 5.80. The summed E-state index contributed by atoms with van der Waals surface area (Å²) in [5.74, 6) is 0.258. The summed E-state index contributed by atoms with van der Waals surface area (Å²) in [4.78, 5) is 32.6. The van der Waals surface area contributed by atoms with Gasteiger partial charge in [-0.25, -0.2) is 9.79 Å². The SMILES string of the molecule is CCOC(=O)C1=C(C)N=c2s/c(=C\c3cccc(OCc4ccc(Br)cc4)c3)c(=O)n2[C@@H]1c1cccs1. The molecule has 188 valence electrons. The molecule has 3 heterocycles. The Labute approximate surface area is 230 Å². The van der Waals surface area contributed by atoms with Gasteiger partial charge in [-0.1, -0.05) is 57.6 Å². The number of fused-ring (bicyclic) bond motifs is 1. The van der Waals surface area contributed by atoms with Gasteiger partial charge in [0.25, 0.3) is 5.56 Å². The largest absolute Gasteiger partial charge is 0.489 e. The molecule has 5 rings (SSSR count). The molecular formula is C28H23BrN2O4S2. The fourth-order valence-corrected chi connectivity index (χ4v) is 6.23. The Kier molecular flexibility index (Phi) is 7.55. The first-order valence-electron chi connectivity index (χ1n) is 11.6. The Bertz CT molecular complexity index is 1650. The number of thiophene rings is 1. The average Bonchev–Trinajstić information content (AvgIpc) is 3.52. The molecule has 0 aliphatic carbocycles. The van der Waals surface area contributed by atoms with Crippen LogP contribution in [0, 0.1) is 0 Å². The second-order valence-corrected chi connectivity index (χ2v) is 11.2. The molecule has 0 saturated carbocycles. The van der Waals surface area contributed by atoms with Crippen LogP contribution in [0.1, 0.15) is 35.9 Å². The van der Waals surface area contributed by atoms with Crippen LogP contribution in [0.15, 0.2) is 91.6 Å². The predicted octanol–water partition coefficient (Wildman–Crippen LogP) is 5.20. The predicted molar refractivity (Wildman–Crippen MR) is 150 cm³/mol. The first-order valence-corrected chi connectivity index (χ1v) is 14.1. The highest BCUT2D eigenvalue weighted by atomic mass is 79.9. The van der Waals surface area contributed by atoms with Crippen molar-refractivity contribution in [1.82, 2.24) is 4.57 Å². The smallest absolute Gasteiger partial charge is 0.338 e. The lowest BCUT2D eigenvalue weighted by atomic mass is 10.0. The molecule has 4 aromatic rings. The van der Waals surface area contributed by atoms with Crippen LogP contribution in [0.5, 0.6) is 5.75 Å². The maximum Gasteiger partial charge on any atom is 0.338 e. The van der Waals surface area contributed by atoms with Gasteiger partial charge < -0.3 is 9.47 Å². The maximum atomic E-state index is 13.7. The van der Waals surface area contributed by atoms with E-state index < -0.39 is 12.0 Å². The van der Waals surface area contributed by atoms with Gasteiger partial charge in [-0.05, 0) is 66.8 Å². The van der Waals surface area contributed by atoms with Crippen LogP contribution in [-0.2, 0) is 16.1 Å². The lowest BCUT2D eigenvalue weighted by Gasteiger charge is -2.23. The first kappa shape index (κ1) is 25.4. The summed E-state index contributed by atoms with van der Waals surface area (Å²) in [5.41, 5.74) is 2.66. The second kappa shape index (κ2) is 11.0. The number of hydrogen-bond donors (Lipinski definition) is 0. The van der Waals surface area contributed by atoms with Crippen LogP contribution in [0.2, 0.25) is 0 Å². The minimum Gasteiger partial charge on any atom is -0.489 e. The first-order chi connectivity index (χ1) is 17.9. The normalized spacial score (nSPS) is 15.3. The minimum absolute atomic E-state index is 0.197. The lowest BCUT2D eigenvalue weighted by Crippen LogP contribution is -2.39. The molecule has 0 radical (unpaired) electrons. The zero-order chi connectivity index (χ0) is 25.9. The number of rotatable bonds is 7. The molecular weight excluding hydrogens is 572 g/mol. The summed E-state index contributed by atoms with van der Waals surface area (Å²) in [7, 11) is 0. The second-order valence-electron chi connectivity index (χ2n) is 8.31. The van der Waals surface area contributed by atoms with E-state index in [9.17, 15) is 9.59 Å². The Balaban J connectivity index is 1.51. The van der Waals surface area contributed by atoms with Crippen LogP contribution in [-0.4, -0.2) is 17.1 Å². The van der Waals surface area contributed by atoms with Gasteiger partial charge in [-0.2, -0.15) is 0 Å². The van der Waals surface area contributed by atoms with Crippen molar-refractivity contribution >= 4 is 50.6 Å². The van der Waals surface area contributed by atoms with Gasteiger partial charge in [0.15, 0.2) is 4.80 Å². The van der Waals surface area contributed by atoms with Crippen molar-refractivity contribution in [2.24, 2.45) is 4.99 Å². The number of carbonyl (C=O) groups is 1. The number of benzene rings is 2. The number of allylic oxidation sites excluding steroid dienone is 1. The highest BCUT2D eigenvalue weighted by Crippen LogP contribution is 2.33. The van der Waals surface area contributed by atoms with Crippen molar-refractivity contribution in [2.75, 3.05) is 6.61 Å². The lowest BCUT2D eigenvalue weighted by molar-refractivity contribution is -0.139. The van der Waals surface area contributed by atoms with E-state index in [0.717, 1.165) is 20.5 Å². The molecule has 0 saturated heterocycles.